The maximum absolute atomic E-state index is 9.94. The Morgan fingerprint density at radius 3 is 2.95 bits per heavy atom. The lowest BCUT2D eigenvalue weighted by molar-refractivity contribution is 0.371. The van der Waals surface area contributed by atoms with Gasteiger partial charge in [-0.25, -0.2) is 0 Å². The van der Waals surface area contributed by atoms with Gasteiger partial charge in [-0.15, -0.1) is 12.4 Å². The summed E-state index contributed by atoms with van der Waals surface area (Å²) in [5.41, 5.74) is 2.48. The van der Waals surface area contributed by atoms with Crippen molar-refractivity contribution in [2.75, 3.05) is 20.2 Å². The van der Waals surface area contributed by atoms with E-state index in [0.29, 0.717) is 11.7 Å². The van der Waals surface area contributed by atoms with Crippen molar-refractivity contribution in [1.82, 2.24) is 5.32 Å². The number of amidine groups is 1. The van der Waals surface area contributed by atoms with E-state index in [1.54, 1.807) is 7.11 Å². The number of methoxy groups -OCH3 is 1. The lowest BCUT2D eigenvalue weighted by atomic mass is 9.81. The third kappa shape index (κ3) is 2.50. The number of rotatable bonds is 2. The topological polar surface area (TPSA) is 53.9 Å². The number of aromatic hydroxyl groups is 1. The highest BCUT2D eigenvalue weighted by molar-refractivity contribution is 5.91. The molecule has 0 radical (unpaired) electrons. The Morgan fingerprint density at radius 1 is 1.42 bits per heavy atom. The van der Waals surface area contributed by atoms with Gasteiger partial charge in [-0.05, 0) is 42.5 Å². The van der Waals surface area contributed by atoms with Gasteiger partial charge in [0.05, 0.1) is 13.7 Å². The highest BCUT2D eigenvalue weighted by Crippen LogP contribution is 2.39. The second-order valence-corrected chi connectivity index (χ2v) is 4.86. The number of nitrogens with one attached hydrogen (secondary N) is 1. The van der Waals surface area contributed by atoms with Gasteiger partial charge < -0.3 is 15.2 Å². The van der Waals surface area contributed by atoms with Crippen LogP contribution in [0.1, 0.15) is 29.9 Å². The molecule has 4 nitrogen and oxygen atoms in total. The van der Waals surface area contributed by atoms with Gasteiger partial charge >= 0.3 is 0 Å². The number of fused-ring (bicyclic) bond motifs is 1. The smallest absolute Gasteiger partial charge is 0.160 e. The summed E-state index contributed by atoms with van der Waals surface area (Å²) < 4.78 is 5.18. The molecule has 1 unspecified atom stereocenters. The van der Waals surface area contributed by atoms with E-state index >= 15 is 0 Å². The SMILES string of the molecule is COc1cc2c(cc1O)C(C1=NCCN1)CCC2.Cl. The number of phenolic OH excluding ortho intramolecular Hbond substituents is 1. The molecule has 19 heavy (non-hydrogen) atoms. The van der Waals surface area contributed by atoms with Crippen molar-refractivity contribution in [2.24, 2.45) is 4.99 Å². The van der Waals surface area contributed by atoms with E-state index < -0.39 is 0 Å². The van der Waals surface area contributed by atoms with E-state index in [2.05, 4.69) is 10.3 Å². The number of phenols is 1. The number of hydrogen-bond acceptors (Lipinski definition) is 4. The van der Waals surface area contributed by atoms with Crippen molar-refractivity contribution in [3.05, 3.63) is 23.3 Å². The number of halogens is 1. The summed E-state index contributed by atoms with van der Waals surface area (Å²) in [5.74, 6) is 2.19. The fourth-order valence-corrected chi connectivity index (χ4v) is 2.92. The molecular formula is C14H19ClN2O2. The summed E-state index contributed by atoms with van der Waals surface area (Å²) in [4.78, 5) is 4.52. The zero-order valence-corrected chi connectivity index (χ0v) is 11.8. The van der Waals surface area contributed by atoms with E-state index in [1.807, 2.05) is 12.1 Å². The average Bonchev–Trinajstić information content (AvgIpc) is 2.91. The van der Waals surface area contributed by atoms with Gasteiger partial charge in [0, 0.05) is 12.5 Å². The van der Waals surface area contributed by atoms with E-state index in [9.17, 15) is 5.11 Å². The van der Waals surface area contributed by atoms with Crippen LogP contribution in [0.3, 0.4) is 0 Å². The predicted octanol–water partition coefficient (Wildman–Crippen LogP) is 2.24. The largest absolute Gasteiger partial charge is 0.504 e. The summed E-state index contributed by atoms with van der Waals surface area (Å²) in [7, 11) is 1.59. The molecule has 0 saturated carbocycles. The third-order valence-corrected chi connectivity index (χ3v) is 3.79. The Labute approximate surface area is 119 Å². The van der Waals surface area contributed by atoms with Crippen LogP contribution in [0.2, 0.25) is 0 Å². The molecule has 0 bridgehead atoms. The molecule has 1 aliphatic carbocycles. The number of benzene rings is 1. The number of ether oxygens (including phenoxy) is 1. The molecule has 0 aromatic heterocycles. The Hall–Kier alpha value is -1.42. The first-order valence-electron chi connectivity index (χ1n) is 6.47. The predicted molar refractivity (Wildman–Crippen MR) is 77.9 cm³/mol. The highest BCUT2D eigenvalue weighted by Gasteiger charge is 2.27. The average molecular weight is 283 g/mol. The molecule has 2 N–H and O–H groups in total. The molecule has 0 saturated heterocycles. The van der Waals surface area contributed by atoms with Crippen molar-refractivity contribution in [2.45, 2.75) is 25.2 Å². The van der Waals surface area contributed by atoms with Crippen LogP contribution in [-0.2, 0) is 6.42 Å². The van der Waals surface area contributed by atoms with Crippen molar-refractivity contribution in [3.63, 3.8) is 0 Å². The van der Waals surface area contributed by atoms with E-state index in [0.717, 1.165) is 38.2 Å². The van der Waals surface area contributed by atoms with Crippen molar-refractivity contribution in [3.8, 4) is 11.5 Å². The summed E-state index contributed by atoms with van der Waals surface area (Å²) in [5, 5.41) is 13.3. The van der Waals surface area contributed by atoms with Gasteiger partial charge in [0.2, 0.25) is 0 Å². The number of aryl methyl sites for hydroxylation is 1. The number of nitrogens with zero attached hydrogens (tertiary/aromatic N) is 1. The quantitative estimate of drug-likeness (QED) is 0.875. The van der Waals surface area contributed by atoms with E-state index in [-0.39, 0.29) is 18.2 Å². The van der Waals surface area contributed by atoms with E-state index in [4.69, 9.17) is 4.74 Å². The maximum Gasteiger partial charge on any atom is 0.160 e. The van der Waals surface area contributed by atoms with Gasteiger partial charge in [0.15, 0.2) is 11.5 Å². The molecule has 0 spiro atoms. The van der Waals surface area contributed by atoms with Gasteiger partial charge in [-0.3, -0.25) is 4.99 Å². The van der Waals surface area contributed by atoms with Gasteiger partial charge in [0.1, 0.15) is 5.84 Å². The van der Waals surface area contributed by atoms with Crippen LogP contribution in [0.4, 0.5) is 0 Å². The van der Waals surface area contributed by atoms with Crippen molar-refractivity contribution >= 4 is 18.2 Å². The monoisotopic (exact) mass is 282 g/mol. The lowest BCUT2D eigenvalue weighted by Gasteiger charge is -2.26. The molecule has 1 aromatic rings. The van der Waals surface area contributed by atoms with Crippen LogP contribution < -0.4 is 10.1 Å². The van der Waals surface area contributed by atoms with Crippen LogP contribution in [0.15, 0.2) is 17.1 Å². The zero-order valence-electron chi connectivity index (χ0n) is 11.0. The summed E-state index contributed by atoms with van der Waals surface area (Å²) >= 11 is 0. The third-order valence-electron chi connectivity index (χ3n) is 3.79. The minimum Gasteiger partial charge on any atom is -0.504 e. The molecule has 1 heterocycles. The highest BCUT2D eigenvalue weighted by atomic mass is 35.5. The normalized spacial score (nSPS) is 20.9. The van der Waals surface area contributed by atoms with Crippen LogP contribution in [0, 0.1) is 0 Å². The minimum atomic E-state index is 0. The van der Waals surface area contributed by atoms with Gasteiger partial charge in [-0.1, -0.05) is 0 Å². The summed E-state index contributed by atoms with van der Waals surface area (Å²) in [6, 6.07) is 3.81. The first-order valence-corrected chi connectivity index (χ1v) is 6.47. The Balaban J connectivity index is 0.00000133. The van der Waals surface area contributed by atoms with Gasteiger partial charge in [0.25, 0.3) is 0 Å². The second-order valence-electron chi connectivity index (χ2n) is 4.86. The molecule has 2 aliphatic rings. The number of aliphatic imine (C=N–C) groups is 1. The molecule has 1 aliphatic heterocycles. The molecular weight excluding hydrogens is 264 g/mol. The van der Waals surface area contributed by atoms with Crippen LogP contribution in [0.25, 0.3) is 0 Å². The lowest BCUT2D eigenvalue weighted by Crippen LogP contribution is -2.28. The number of hydrogen-bond donors (Lipinski definition) is 2. The Morgan fingerprint density at radius 2 is 2.26 bits per heavy atom. The maximum atomic E-state index is 9.94. The van der Waals surface area contributed by atoms with Crippen molar-refractivity contribution < 1.29 is 9.84 Å². The zero-order chi connectivity index (χ0) is 12.5. The van der Waals surface area contributed by atoms with Crippen LogP contribution in [0.5, 0.6) is 11.5 Å². The van der Waals surface area contributed by atoms with Crippen molar-refractivity contribution in [1.29, 1.82) is 0 Å². The second kappa shape index (κ2) is 5.70. The molecule has 1 aromatic carbocycles. The molecule has 5 heteroatoms. The van der Waals surface area contributed by atoms with E-state index in [1.165, 1.54) is 11.1 Å². The standard InChI is InChI=1S/C14H18N2O2.ClH/c1-18-13-7-9-3-2-4-10(11(9)8-12(13)17)14-15-5-6-16-14;/h7-8,10,17H,2-6H2,1H3,(H,15,16);1H. The van der Waals surface area contributed by atoms with Crippen LogP contribution >= 0.6 is 12.4 Å². The molecule has 3 rings (SSSR count). The fraction of sp³-hybridized carbons (Fsp3) is 0.500. The molecule has 0 fully saturated rings. The first-order chi connectivity index (χ1) is 8.79. The Bertz CT molecular complexity index is 502. The molecule has 1 atom stereocenters. The van der Waals surface area contributed by atoms with Crippen LogP contribution in [-0.4, -0.2) is 31.1 Å². The van der Waals surface area contributed by atoms with Gasteiger partial charge in [-0.2, -0.15) is 0 Å². The minimum absolute atomic E-state index is 0. The molecule has 104 valence electrons. The summed E-state index contributed by atoms with van der Waals surface area (Å²) in [6.45, 7) is 1.80. The summed E-state index contributed by atoms with van der Waals surface area (Å²) in [6.07, 6.45) is 3.31. The molecule has 0 amide bonds. The first kappa shape index (κ1) is 14.0. The Kier molecular flexibility index (Phi) is 4.20. The fourth-order valence-electron chi connectivity index (χ4n) is 2.92.